The molecule has 0 saturated carbocycles. The number of nitrogens with zero attached hydrogens (tertiary/aromatic N) is 1. The lowest BCUT2D eigenvalue weighted by Crippen LogP contribution is -2.43. The van der Waals surface area contributed by atoms with E-state index in [4.69, 9.17) is 5.73 Å². The van der Waals surface area contributed by atoms with E-state index >= 15 is 0 Å². The van der Waals surface area contributed by atoms with Crippen molar-refractivity contribution >= 4 is 29.4 Å². The van der Waals surface area contributed by atoms with Crippen LogP contribution >= 0.6 is 0 Å². The quantitative estimate of drug-likeness (QED) is 0.289. The fourth-order valence-electron chi connectivity index (χ4n) is 2.44. The lowest BCUT2D eigenvalue weighted by molar-refractivity contribution is -0.113. The number of ketones is 1. The Hall–Kier alpha value is -2.82. The number of Topliss-reactive ketones (excluding diaryl/α,β-unsaturated/α-hetero) is 1. The second-order valence-corrected chi connectivity index (χ2v) is 5.25. The van der Waals surface area contributed by atoms with Crippen LogP contribution in [-0.4, -0.2) is 23.6 Å². The monoisotopic (exact) mass is 306 g/mol. The third-order valence-corrected chi connectivity index (χ3v) is 3.47. The molecule has 0 bridgehead atoms. The number of carbonyl (C=O) groups excluding carboxylic acids is 1. The average molecular weight is 306 g/mol. The van der Waals surface area contributed by atoms with Crippen molar-refractivity contribution in [3.8, 4) is 0 Å². The molecule has 5 heteroatoms. The molecule has 0 aliphatic rings. The summed E-state index contributed by atoms with van der Waals surface area (Å²) < 4.78 is 0. The summed E-state index contributed by atoms with van der Waals surface area (Å²) in [6, 6.07) is 19.4. The van der Waals surface area contributed by atoms with Gasteiger partial charge in [0.05, 0.1) is 5.57 Å². The normalized spacial score (nSPS) is 12.5. The molecule has 0 radical (unpaired) electrons. The Morgan fingerprint density at radius 2 is 1.39 bits per heavy atom. The summed E-state index contributed by atoms with van der Waals surface area (Å²) in [5.74, 6) is -0.403. The van der Waals surface area contributed by atoms with Crippen molar-refractivity contribution in [1.29, 1.82) is 0 Å². The molecule has 0 unspecified atom stereocenters. The van der Waals surface area contributed by atoms with Gasteiger partial charge in [0, 0.05) is 0 Å². The van der Waals surface area contributed by atoms with Gasteiger partial charge in [0.15, 0.2) is 5.78 Å². The average Bonchev–Trinajstić information content (AvgIpc) is 2.53. The molecule has 0 atom stereocenters. The summed E-state index contributed by atoms with van der Waals surface area (Å²) in [6.45, 7) is 2.45. The van der Waals surface area contributed by atoms with Gasteiger partial charge in [-0.2, -0.15) is 0 Å². The number of aliphatic hydroxyl groups excluding tert-OH is 1. The van der Waals surface area contributed by atoms with Gasteiger partial charge < -0.3 is 15.7 Å². The van der Waals surface area contributed by atoms with Crippen molar-refractivity contribution in [2.75, 3.05) is 0 Å². The zero-order valence-electron chi connectivity index (χ0n) is 13.2. The second kappa shape index (κ2) is 7.45. The molecule has 2 rings (SSSR count). The molecule has 0 aromatic heterocycles. The molecule has 3 N–H and O–H groups in total. The summed E-state index contributed by atoms with van der Waals surface area (Å²) in [4.78, 5) is 16.2. The third-order valence-electron chi connectivity index (χ3n) is 3.47. The lowest BCUT2D eigenvalue weighted by atomic mass is 9.51. The van der Waals surface area contributed by atoms with Crippen LogP contribution in [0.5, 0.6) is 0 Å². The lowest BCUT2D eigenvalue weighted by Gasteiger charge is -2.12. The van der Waals surface area contributed by atoms with Crippen molar-refractivity contribution in [2.45, 2.75) is 13.8 Å². The predicted octanol–water partition coefficient (Wildman–Crippen LogP) is 1.57. The van der Waals surface area contributed by atoms with Gasteiger partial charge in [-0.1, -0.05) is 60.7 Å². The zero-order chi connectivity index (χ0) is 16.8. The van der Waals surface area contributed by atoms with Crippen LogP contribution in [0.15, 0.2) is 76.9 Å². The van der Waals surface area contributed by atoms with E-state index in [0.29, 0.717) is 0 Å². The van der Waals surface area contributed by atoms with Gasteiger partial charge in [-0.15, -0.1) is 0 Å². The Morgan fingerprint density at radius 3 is 1.74 bits per heavy atom. The minimum absolute atomic E-state index is 0.0372. The number of hydrogen-bond donors (Lipinski definition) is 2. The number of rotatable bonds is 5. The Morgan fingerprint density at radius 1 is 0.957 bits per heavy atom. The molecule has 0 aliphatic carbocycles. The first-order valence-electron chi connectivity index (χ1n) is 7.35. The largest absolute Gasteiger partial charge is 0.512 e. The van der Waals surface area contributed by atoms with Crippen LogP contribution in [0.25, 0.3) is 0 Å². The number of carbonyl (C=O) groups is 1. The van der Waals surface area contributed by atoms with Gasteiger partial charge >= 0.3 is 6.85 Å². The van der Waals surface area contributed by atoms with Crippen LogP contribution < -0.4 is 16.7 Å². The van der Waals surface area contributed by atoms with Crippen LogP contribution in [0.1, 0.15) is 13.8 Å². The fraction of sp³-hybridized carbons (Fsp3) is 0.111. The highest BCUT2D eigenvalue weighted by Gasteiger charge is 2.21. The molecule has 0 saturated heterocycles. The minimum atomic E-state index is -0.342. The van der Waals surface area contributed by atoms with Crippen LogP contribution in [0.3, 0.4) is 0 Å². The van der Waals surface area contributed by atoms with Crippen molar-refractivity contribution in [1.82, 2.24) is 0 Å². The molecule has 0 spiro atoms. The molecular formula is C18H19BN2O2. The Balaban J connectivity index is 2.54. The molecule has 0 amide bonds. The van der Waals surface area contributed by atoms with E-state index in [9.17, 15) is 9.90 Å². The van der Waals surface area contributed by atoms with Crippen LogP contribution in [0.2, 0.25) is 0 Å². The maximum absolute atomic E-state index is 11.7. The van der Waals surface area contributed by atoms with E-state index in [-0.39, 0.29) is 29.8 Å². The third kappa shape index (κ3) is 4.10. The number of benzene rings is 2. The van der Waals surface area contributed by atoms with Crippen molar-refractivity contribution < 1.29 is 9.90 Å². The SMILES string of the molecule is CC(=O)C(/C(N)=N/B(c1ccccc1)c1ccccc1)=C(\C)O. The number of allylic oxidation sites excluding steroid dienone is 1. The van der Waals surface area contributed by atoms with Gasteiger partial charge in [-0.05, 0) is 24.8 Å². The Labute approximate surface area is 136 Å². The highest BCUT2D eigenvalue weighted by Crippen LogP contribution is 2.04. The van der Waals surface area contributed by atoms with Gasteiger partial charge in [-0.3, -0.25) is 4.79 Å². The van der Waals surface area contributed by atoms with Crippen molar-refractivity contribution in [2.24, 2.45) is 10.6 Å². The Kier molecular flexibility index (Phi) is 5.36. The maximum Gasteiger partial charge on any atom is 0.346 e. The van der Waals surface area contributed by atoms with E-state index in [2.05, 4.69) is 4.90 Å². The van der Waals surface area contributed by atoms with Crippen LogP contribution in [0.4, 0.5) is 0 Å². The van der Waals surface area contributed by atoms with Crippen molar-refractivity contribution in [3.63, 3.8) is 0 Å². The summed E-state index contributed by atoms with van der Waals surface area (Å²) in [5.41, 5.74) is 7.98. The first-order chi connectivity index (χ1) is 11.0. The second-order valence-electron chi connectivity index (χ2n) is 5.25. The fourth-order valence-corrected chi connectivity index (χ4v) is 2.44. The molecule has 0 fully saturated rings. The van der Waals surface area contributed by atoms with E-state index in [0.717, 1.165) is 10.9 Å². The molecular weight excluding hydrogens is 287 g/mol. The van der Waals surface area contributed by atoms with E-state index in [1.54, 1.807) is 0 Å². The first kappa shape index (κ1) is 16.6. The summed E-state index contributed by atoms with van der Waals surface area (Å²) in [5, 5.41) is 9.70. The van der Waals surface area contributed by atoms with Crippen LogP contribution in [-0.2, 0) is 4.79 Å². The van der Waals surface area contributed by atoms with Gasteiger partial charge in [0.1, 0.15) is 11.6 Å². The molecule has 2 aromatic rings. The number of aliphatic hydroxyl groups is 1. The van der Waals surface area contributed by atoms with E-state index in [1.807, 2.05) is 60.7 Å². The smallest absolute Gasteiger partial charge is 0.346 e. The number of amidine groups is 1. The standard InChI is InChI=1S/C18H19BN2O2/c1-13(22)17(14(2)23)18(20)21-19(15-9-5-3-6-10-15)16-11-7-4-8-12-16/h3-12,22H,1-2H3,(H2,20,21)/b17-13-. The van der Waals surface area contributed by atoms with Gasteiger partial charge in [-0.25, -0.2) is 0 Å². The van der Waals surface area contributed by atoms with Gasteiger partial charge in [0.25, 0.3) is 0 Å². The minimum Gasteiger partial charge on any atom is -0.512 e. The summed E-state index contributed by atoms with van der Waals surface area (Å²) in [6.07, 6.45) is 0. The topological polar surface area (TPSA) is 75.7 Å². The highest BCUT2D eigenvalue weighted by molar-refractivity contribution is 6.84. The van der Waals surface area contributed by atoms with Crippen molar-refractivity contribution in [3.05, 3.63) is 72.0 Å². The van der Waals surface area contributed by atoms with Crippen LogP contribution in [0, 0.1) is 0 Å². The number of nitrogens with two attached hydrogens (primary N) is 1. The summed E-state index contributed by atoms with van der Waals surface area (Å²) in [7, 11) is 0. The number of hydrogen-bond acceptors (Lipinski definition) is 3. The zero-order valence-corrected chi connectivity index (χ0v) is 13.2. The molecule has 23 heavy (non-hydrogen) atoms. The highest BCUT2D eigenvalue weighted by atomic mass is 16.3. The molecule has 0 aliphatic heterocycles. The molecule has 4 nitrogen and oxygen atoms in total. The van der Waals surface area contributed by atoms with E-state index in [1.165, 1.54) is 13.8 Å². The predicted molar refractivity (Wildman–Crippen MR) is 95.5 cm³/mol. The molecule has 2 aromatic carbocycles. The van der Waals surface area contributed by atoms with Gasteiger partial charge in [0.2, 0.25) is 0 Å². The molecule has 0 heterocycles. The first-order valence-corrected chi connectivity index (χ1v) is 7.35. The summed E-state index contributed by atoms with van der Waals surface area (Å²) >= 11 is 0. The maximum atomic E-state index is 11.7. The van der Waals surface area contributed by atoms with E-state index < -0.39 is 0 Å². The Bertz CT molecular complexity index is 697. The molecule has 116 valence electrons.